The van der Waals surface area contributed by atoms with Gasteiger partial charge in [-0.2, -0.15) is 0 Å². The van der Waals surface area contributed by atoms with Crippen LogP contribution in [-0.4, -0.2) is 36.2 Å². The second-order valence-electron chi connectivity index (χ2n) is 4.28. The minimum absolute atomic E-state index is 0.563. The van der Waals surface area contributed by atoms with E-state index in [9.17, 15) is 0 Å². The predicted molar refractivity (Wildman–Crippen MR) is 49.2 cm³/mol. The summed E-state index contributed by atoms with van der Waals surface area (Å²) in [6.45, 7) is 6.86. The predicted octanol–water partition coefficient (Wildman–Crippen LogP) is 1.65. The molecule has 12 heavy (non-hydrogen) atoms. The smallest absolute Gasteiger partial charge is 0.0936 e. The SMILES string of the molecule is C[C@@H]1CCC[C@H](C)N1C[C@@H]1CO1. The zero-order chi connectivity index (χ0) is 8.55. The summed E-state index contributed by atoms with van der Waals surface area (Å²) < 4.78 is 5.27. The summed E-state index contributed by atoms with van der Waals surface area (Å²) >= 11 is 0. The highest BCUT2D eigenvalue weighted by atomic mass is 16.6. The molecule has 0 aliphatic carbocycles. The molecule has 0 unspecified atom stereocenters. The van der Waals surface area contributed by atoms with E-state index in [0.29, 0.717) is 6.10 Å². The van der Waals surface area contributed by atoms with E-state index in [4.69, 9.17) is 4.74 Å². The monoisotopic (exact) mass is 169 g/mol. The molecule has 2 rings (SSSR count). The normalized spacial score (nSPS) is 43.0. The largest absolute Gasteiger partial charge is 0.372 e. The van der Waals surface area contributed by atoms with Gasteiger partial charge in [0.15, 0.2) is 0 Å². The van der Waals surface area contributed by atoms with Crippen LogP contribution in [0, 0.1) is 0 Å². The summed E-state index contributed by atoms with van der Waals surface area (Å²) in [4.78, 5) is 2.61. The summed E-state index contributed by atoms with van der Waals surface area (Å²) in [5.74, 6) is 0. The van der Waals surface area contributed by atoms with Crippen molar-refractivity contribution in [3.8, 4) is 0 Å². The topological polar surface area (TPSA) is 15.8 Å². The van der Waals surface area contributed by atoms with Crippen molar-refractivity contribution in [2.75, 3.05) is 13.2 Å². The fraction of sp³-hybridized carbons (Fsp3) is 1.00. The molecular weight excluding hydrogens is 150 g/mol. The third-order valence-corrected chi connectivity index (χ3v) is 3.19. The maximum Gasteiger partial charge on any atom is 0.0936 e. The van der Waals surface area contributed by atoms with Crippen LogP contribution in [0.1, 0.15) is 33.1 Å². The summed E-state index contributed by atoms with van der Waals surface area (Å²) in [5, 5.41) is 0. The molecule has 2 aliphatic rings. The quantitative estimate of drug-likeness (QED) is 0.584. The van der Waals surface area contributed by atoms with Gasteiger partial charge in [-0.1, -0.05) is 6.42 Å². The van der Waals surface area contributed by atoms with E-state index in [1.165, 1.54) is 25.8 Å². The second kappa shape index (κ2) is 3.35. The summed E-state index contributed by atoms with van der Waals surface area (Å²) in [6, 6.07) is 1.55. The van der Waals surface area contributed by atoms with Gasteiger partial charge in [-0.05, 0) is 26.7 Å². The lowest BCUT2D eigenvalue weighted by Gasteiger charge is -2.38. The Kier molecular flexibility index (Phi) is 2.37. The van der Waals surface area contributed by atoms with E-state index in [1.54, 1.807) is 0 Å². The van der Waals surface area contributed by atoms with Gasteiger partial charge in [0, 0.05) is 18.6 Å². The van der Waals surface area contributed by atoms with Crippen molar-refractivity contribution < 1.29 is 4.74 Å². The number of hydrogen-bond donors (Lipinski definition) is 0. The Labute approximate surface area is 74.9 Å². The molecule has 2 aliphatic heterocycles. The average Bonchev–Trinajstić information content (AvgIpc) is 2.80. The van der Waals surface area contributed by atoms with E-state index in [0.717, 1.165) is 18.7 Å². The fourth-order valence-corrected chi connectivity index (χ4v) is 2.24. The zero-order valence-electron chi connectivity index (χ0n) is 8.12. The highest BCUT2D eigenvalue weighted by Gasteiger charge is 2.31. The first kappa shape index (κ1) is 8.52. The van der Waals surface area contributed by atoms with Gasteiger partial charge in [-0.15, -0.1) is 0 Å². The molecule has 2 nitrogen and oxygen atoms in total. The van der Waals surface area contributed by atoms with E-state index in [2.05, 4.69) is 18.7 Å². The van der Waals surface area contributed by atoms with E-state index in [-0.39, 0.29) is 0 Å². The molecule has 0 spiro atoms. The van der Waals surface area contributed by atoms with Crippen molar-refractivity contribution in [3.05, 3.63) is 0 Å². The molecule has 0 radical (unpaired) electrons. The third kappa shape index (κ3) is 1.80. The lowest BCUT2D eigenvalue weighted by Crippen LogP contribution is -2.45. The first-order valence-electron chi connectivity index (χ1n) is 5.14. The van der Waals surface area contributed by atoms with Crippen molar-refractivity contribution in [1.29, 1.82) is 0 Å². The van der Waals surface area contributed by atoms with Crippen molar-refractivity contribution in [3.63, 3.8) is 0 Å². The van der Waals surface area contributed by atoms with Gasteiger partial charge in [0.25, 0.3) is 0 Å². The number of likely N-dealkylation sites (tertiary alicyclic amines) is 1. The Morgan fingerprint density at radius 2 is 1.83 bits per heavy atom. The van der Waals surface area contributed by atoms with Gasteiger partial charge >= 0.3 is 0 Å². The molecule has 0 N–H and O–H groups in total. The van der Waals surface area contributed by atoms with Crippen molar-refractivity contribution in [2.45, 2.75) is 51.3 Å². The highest BCUT2D eigenvalue weighted by Crippen LogP contribution is 2.24. The molecule has 0 aromatic rings. The van der Waals surface area contributed by atoms with Crippen LogP contribution in [0.4, 0.5) is 0 Å². The summed E-state index contributed by atoms with van der Waals surface area (Å²) in [6.07, 6.45) is 4.71. The number of ether oxygens (including phenoxy) is 1. The van der Waals surface area contributed by atoms with Crippen molar-refractivity contribution in [2.24, 2.45) is 0 Å². The Bertz CT molecular complexity index is 146. The number of piperidine rings is 1. The number of rotatable bonds is 2. The van der Waals surface area contributed by atoms with Gasteiger partial charge in [0.2, 0.25) is 0 Å². The van der Waals surface area contributed by atoms with E-state index < -0.39 is 0 Å². The molecule has 0 aromatic carbocycles. The second-order valence-corrected chi connectivity index (χ2v) is 4.28. The molecule has 2 heteroatoms. The highest BCUT2D eigenvalue weighted by molar-refractivity contribution is 4.84. The van der Waals surface area contributed by atoms with Gasteiger partial charge in [0.05, 0.1) is 12.7 Å². The average molecular weight is 169 g/mol. The minimum Gasteiger partial charge on any atom is -0.372 e. The summed E-state index contributed by atoms with van der Waals surface area (Å²) in [5.41, 5.74) is 0. The minimum atomic E-state index is 0.563. The molecule has 0 aromatic heterocycles. The van der Waals surface area contributed by atoms with Crippen molar-refractivity contribution in [1.82, 2.24) is 4.90 Å². The molecule has 2 saturated heterocycles. The van der Waals surface area contributed by atoms with Crippen LogP contribution in [0.15, 0.2) is 0 Å². The molecule has 2 fully saturated rings. The summed E-state index contributed by atoms with van der Waals surface area (Å²) in [7, 11) is 0. The Hall–Kier alpha value is -0.0800. The first-order valence-corrected chi connectivity index (χ1v) is 5.14. The first-order chi connectivity index (χ1) is 5.77. The molecule has 0 bridgehead atoms. The third-order valence-electron chi connectivity index (χ3n) is 3.19. The number of epoxide rings is 1. The van der Waals surface area contributed by atoms with Crippen LogP contribution >= 0.6 is 0 Å². The van der Waals surface area contributed by atoms with E-state index in [1.807, 2.05) is 0 Å². The molecular formula is C10H19NO. The van der Waals surface area contributed by atoms with Crippen LogP contribution in [0.3, 0.4) is 0 Å². The Morgan fingerprint density at radius 3 is 2.33 bits per heavy atom. The molecule has 2 heterocycles. The number of nitrogens with zero attached hydrogens (tertiary/aromatic N) is 1. The van der Waals surface area contributed by atoms with Crippen molar-refractivity contribution >= 4 is 0 Å². The molecule has 3 atom stereocenters. The lowest BCUT2D eigenvalue weighted by atomic mass is 9.97. The van der Waals surface area contributed by atoms with Crippen LogP contribution in [0.2, 0.25) is 0 Å². The zero-order valence-corrected chi connectivity index (χ0v) is 8.12. The lowest BCUT2D eigenvalue weighted by molar-refractivity contribution is 0.0941. The number of hydrogen-bond acceptors (Lipinski definition) is 2. The van der Waals surface area contributed by atoms with Gasteiger partial charge in [-0.25, -0.2) is 0 Å². The maximum absolute atomic E-state index is 5.27. The molecule has 70 valence electrons. The Balaban J connectivity index is 1.88. The van der Waals surface area contributed by atoms with Crippen LogP contribution in [-0.2, 0) is 4.74 Å². The van der Waals surface area contributed by atoms with E-state index >= 15 is 0 Å². The van der Waals surface area contributed by atoms with Crippen LogP contribution in [0.5, 0.6) is 0 Å². The maximum atomic E-state index is 5.27. The molecule has 0 saturated carbocycles. The van der Waals surface area contributed by atoms with Gasteiger partial charge in [-0.3, -0.25) is 4.90 Å². The van der Waals surface area contributed by atoms with Gasteiger partial charge in [0.1, 0.15) is 0 Å². The van der Waals surface area contributed by atoms with Gasteiger partial charge < -0.3 is 4.74 Å². The van der Waals surface area contributed by atoms with Crippen LogP contribution < -0.4 is 0 Å². The Morgan fingerprint density at radius 1 is 1.25 bits per heavy atom. The molecule has 0 amide bonds. The van der Waals surface area contributed by atoms with Crippen LogP contribution in [0.25, 0.3) is 0 Å². The fourth-order valence-electron chi connectivity index (χ4n) is 2.24. The standard InChI is InChI=1S/C10H19NO/c1-8-4-3-5-9(2)11(8)6-10-7-12-10/h8-10H,3-7H2,1-2H3/t8-,9+,10-/m1/s1.